The van der Waals surface area contributed by atoms with E-state index in [1.807, 2.05) is 0 Å². The molecule has 0 spiro atoms. The molecule has 0 N–H and O–H groups in total. The van der Waals surface area contributed by atoms with Gasteiger partial charge in [-0.05, 0) is 25.1 Å². The Balaban J connectivity index is 1.83. The minimum Gasteiger partial charge on any atom is -0.496 e. The van der Waals surface area contributed by atoms with Gasteiger partial charge in [0.05, 0.1) is 25.2 Å². The van der Waals surface area contributed by atoms with E-state index >= 15 is 0 Å². The number of hydrogen-bond donors (Lipinski definition) is 0. The quantitative estimate of drug-likeness (QED) is 0.674. The van der Waals surface area contributed by atoms with Crippen molar-refractivity contribution in [3.8, 4) is 5.75 Å². The topological polar surface area (TPSA) is 108 Å². The second-order valence-electron chi connectivity index (χ2n) is 5.88. The molecule has 0 unspecified atom stereocenters. The van der Waals surface area contributed by atoms with Crippen molar-refractivity contribution in [3.05, 3.63) is 41.3 Å². The molecule has 0 atom stereocenters. The highest BCUT2D eigenvalue weighted by molar-refractivity contribution is 7.89. The maximum Gasteiger partial charge on any atom is 0.342 e. The first kappa shape index (κ1) is 19.3. The third-order valence-electron chi connectivity index (χ3n) is 4.03. The van der Waals surface area contributed by atoms with Crippen LogP contribution in [-0.4, -0.2) is 57.3 Å². The summed E-state index contributed by atoms with van der Waals surface area (Å²) in [6.45, 7) is 2.82. The Morgan fingerprint density at radius 2 is 2.00 bits per heavy atom. The van der Waals surface area contributed by atoms with Gasteiger partial charge < -0.3 is 18.7 Å². The van der Waals surface area contributed by atoms with E-state index in [0.717, 1.165) is 0 Å². The van der Waals surface area contributed by atoms with Crippen molar-refractivity contribution in [1.29, 1.82) is 0 Å². The molecule has 9 nitrogen and oxygen atoms in total. The predicted molar refractivity (Wildman–Crippen MR) is 92.9 cm³/mol. The summed E-state index contributed by atoms with van der Waals surface area (Å²) in [5.74, 6) is 0.0982. The van der Waals surface area contributed by atoms with Gasteiger partial charge in [0.2, 0.25) is 10.0 Å². The summed E-state index contributed by atoms with van der Waals surface area (Å²) in [5, 5.41) is 3.74. The van der Waals surface area contributed by atoms with E-state index in [9.17, 15) is 13.2 Å². The molecule has 0 radical (unpaired) electrons. The molecule has 0 saturated carbocycles. The molecule has 0 aliphatic carbocycles. The number of morpholine rings is 1. The van der Waals surface area contributed by atoms with E-state index in [0.29, 0.717) is 24.7 Å². The van der Waals surface area contributed by atoms with Gasteiger partial charge in [-0.3, -0.25) is 0 Å². The molecule has 0 bridgehead atoms. The minimum absolute atomic E-state index is 0.00516. The van der Waals surface area contributed by atoms with Crippen LogP contribution in [-0.2, 0) is 26.1 Å². The smallest absolute Gasteiger partial charge is 0.342 e. The molecule has 1 aliphatic rings. The monoisotopic (exact) mass is 396 g/mol. The van der Waals surface area contributed by atoms with Crippen LogP contribution in [0.1, 0.15) is 21.8 Å². The van der Waals surface area contributed by atoms with Gasteiger partial charge in [0, 0.05) is 19.2 Å². The van der Waals surface area contributed by atoms with Crippen LogP contribution in [0.5, 0.6) is 5.75 Å². The number of hydrogen-bond acceptors (Lipinski definition) is 8. The van der Waals surface area contributed by atoms with Gasteiger partial charge in [-0.15, -0.1) is 0 Å². The lowest BCUT2D eigenvalue weighted by Gasteiger charge is -2.26. The molecule has 27 heavy (non-hydrogen) atoms. The maximum atomic E-state index is 12.8. The van der Waals surface area contributed by atoms with Crippen LogP contribution in [0.25, 0.3) is 0 Å². The molecule has 0 amide bonds. The lowest BCUT2D eigenvalue weighted by Crippen LogP contribution is -2.40. The molecule has 146 valence electrons. The molecule has 1 aromatic carbocycles. The molecule has 2 heterocycles. The van der Waals surface area contributed by atoms with E-state index in [-0.39, 0.29) is 35.9 Å². The SMILES string of the molecule is COc1ccc(S(=O)(=O)N2CCOCC2)cc1C(=O)OCc1cc(C)on1. The van der Waals surface area contributed by atoms with Gasteiger partial charge in [-0.1, -0.05) is 5.16 Å². The summed E-state index contributed by atoms with van der Waals surface area (Å²) < 4.78 is 47.4. The Morgan fingerprint density at radius 1 is 1.26 bits per heavy atom. The number of rotatable bonds is 6. The zero-order chi connectivity index (χ0) is 19.4. The Hall–Kier alpha value is -2.43. The molecule has 1 fully saturated rings. The first-order valence-electron chi connectivity index (χ1n) is 8.27. The summed E-state index contributed by atoms with van der Waals surface area (Å²) in [6.07, 6.45) is 0. The first-order chi connectivity index (χ1) is 12.9. The number of ether oxygens (including phenoxy) is 3. The first-order valence-corrected chi connectivity index (χ1v) is 9.71. The van der Waals surface area contributed by atoms with Crippen LogP contribution >= 0.6 is 0 Å². The van der Waals surface area contributed by atoms with Crippen molar-refractivity contribution in [2.24, 2.45) is 0 Å². The van der Waals surface area contributed by atoms with Crippen LogP contribution in [0, 0.1) is 6.92 Å². The molecule has 1 saturated heterocycles. The molecule has 1 aromatic heterocycles. The Kier molecular flexibility index (Phi) is 5.78. The number of benzene rings is 1. The van der Waals surface area contributed by atoms with E-state index in [2.05, 4.69) is 5.16 Å². The summed E-state index contributed by atoms with van der Waals surface area (Å²) >= 11 is 0. The lowest BCUT2D eigenvalue weighted by atomic mass is 10.2. The minimum atomic E-state index is -3.74. The van der Waals surface area contributed by atoms with Crippen LogP contribution in [0.4, 0.5) is 0 Å². The number of carbonyl (C=O) groups is 1. The second kappa shape index (κ2) is 8.07. The Bertz CT molecular complexity index is 917. The van der Waals surface area contributed by atoms with Gasteiger partial charge >= 0.3 is 5.97 Å². The number of aromatic nitrogens is 1. The van der Waals surface area contributed by atoms with Gasteiger partial charge in [-0.25, -0.2) is 13.2 Å². The van der Waals surface area contributed by atoms with Crippen LogP contribution in [0.3, 0.4) is 0 Å². The highest BCUT2D eigenvalue weighted by Crippen LogP contribution is 2.26. The number of sulfonamides is 1. The zero-order valence-electron chi connectivity index (χ0n) is 15.0. The average Bonchev–Trinajstić information content (AvgIpc) is 3.11. The fraction of sp³-hybridized carbons (Fsp3) is 0.412. The van der Waals surface area contributed by atoms with E-state index in [4.69, 9.17) is 18.7 Å². The zero-order valence-corrected chi connectivity index (χ0v) is 15.8. The largest absolute Gasteiger partial charge is 0.496 e. The number of nitrogens with zero attached hydrogens (tertiary/aromatic N) is 2. The highest BCUT2D eigenvalue weighted by Gasteiger charge is 2.28. The number of esters is 1. The van der Waals surface area contributed by atoms with E-state index < -0.39 is 16.0 Å². The van der Waals surface area contributed by atoms with Crippen molar-refractivity contribution in [3.63, 3.8) is 0 Å². The summed E-state index contributed by atoms with van der Waals surface area (Å²) in [6, 6.07) is 5.75. The number of methoxy groups -OCH3 is 1. The molecular formula is C17H20N2O7S. The lowest BCUT2D eigenvalue weighted by molar-refractivity contribution is 0.0460. The van der Waals surface area contributed by atoms with E-state index in [1.165, 1.54) is 29.6 Å². The summed E-state index contributed by atoms with van der Waals surface area (Å²) in [7, 11) is -2.35. The van der Waals surface area contributed by atoms with Gasteiger partial charge in [-0.2, -0.15) is 4.31 Å². The maximum absolute atomic E-state index is 12.8. The van der Waals surface area contributed by atoms with Crippen LogP contribution in [0.2, 0.25) is 0 Å². The molecule has 10 heteroatoms. The summed E-state index contributed by atoms with van der Waals surface area (Å²) in [5.41, 5.74) is 0.476. The van der Waals surface area contributed by atoms with Crippen LogP contribution < -0.4 is 4.74 Å². The second-order valence-corrected chi connectivity index (χ2v) is 7.82. The predicted octanol–water partition coefficient (Wildman–Crippen LogP) is 1.37. The fourth-order valence-corrected chi connectivity index (χ4v) is 4.08. The molecule has 3 rings (SSSR count). The van der Waals surface area contributed by atoms with Gasteiger partial charge in [0.25, 0.3) is 0 Å². The van der Waals surface area contributed by atoms with Crippen molar-refractivity contribution >= 4 is 16.0 Å². The van der Waals surface area contributed by atoms with Crippen molar-refractivity contribution in [2.75, 3.05) is 33.4 Å². The standard InChI is InChI=1S/C17H20N2O7S/c1-12-9-13(18-26-12)11-25-17(20)15-10-14(3-4-16(15)23-2)27(21,22)19-5-7-24-8-6-19/h3-4,9-10H,5-8,11H2,1-2H3. The number of aryl methyl sites for hydroxylation is 1. The normalized spacial score (nSPS) is 15.5. The molecule has 1 aliphatic heterocycles. The van der Waals surface area contributed by atoms with Crippen molar-refractivity contribution < 1.29 is 31.9 Å². The molecule has 2 aromatic rings. The van der Waals surface area contributed by atoms with E-state index in [1.54, 1.807) is 13.0 Å². The van der Waals surface area contributed by atoms with Crippen molar-refractivity contribution in [1.82, 2.24) is 9.46 Å². The van der Waals surface area contributed by atoms with Crippen molar-refractivity contribution in [2.45, 2.75) is 18.4 Å². The molecular weight excluding hydrogens is 376 g/mol. The third-order valence-corrected chi connectivity index (χ3v) is 5.92. The fourth-order valence-electron chi connectivity index (χ4n) is 2.65. The van der Waals surface area contributed by atoms with Crippen LogP contribution in [0.15, 0.2) is 33.7 Å². The Morgan fingerprint density at radius 3 is 2.63 bits per heavy atom. The van der Waals surface area contributed by atoms with Gasteiger partial charge in [0.1, 0.15) is 29.4 Å². The highest BCUT2D eigenvalue weighted by atomic mass is 32.2. The van der Waals surface area contributed by atoms with Gasteiger partial charge in [0.15, 0.2) is 0 Å². The summed E-state index contributed by atoms with van der Waals surface area (Å²) in [4.78, 5) is 12.5. The number of carbonyl (C=O) groups excluding carboxylic acids is 1. The third kappa shape index (κ3) is 4.29. The average molecular weight is 396 g/mol. The Labute approximate surface area is 156 Å².